The lowest BCUT2D eigenvalue weighted by Crippen LogP contribution is -2.50. The first-order valence-electron chi connectivity index (χ1n) is 11.6. The van der Waals surface area contributed by atoms with Crippen LogP contribution in [0.15, 0.2) is 36.4 Å². The lowest BCUT2D eigenvalue weighted by molar-refractivity contribution is -0.147. The van der Waals surface area contributed by atoms with Gasteiger partial charge in [-0.05, 0) is 51.6 Å². The number of thioether (sulfide) groups is 1. The van der Waals surface area contributed by atoms with E-state index in [-0.39, 0.29) is 25.5 Å². The van der Waals surface area contributed by atoms with E-state index in [1.165, 1.54) is 25.6 Å². The van der Waals surface area contributed by atoms with Crippen LogP contribution < -0.4 is 16.0 Å². The van der Waals surface area contributed by atoms with Crippen molar-refractivity contribution in [2.24, 2.45) is 0 Å². The average molecular weight is 533 g/mol. The number of anilines is 1. The SMILES string of the molecule is CSC(C)(C)C(=O)OCc1ccc(NC(=O)[C@H](C)NC(=O)[C@H](C)NC(=O)CCN2C(=O)C=CC2=O)cc1. The maximum Gasteiger partial charge on any atom is 0.321 e. The first-order valence-corrected chi connectivity index (χ1v) is 12.8. The van der Waals surface area contributed by atoms with E-state index in [0.717, 1.165) is 22.6 Å². The van der Waals surface area contributed by atoms with Crippen molar-refractivity contribution in [1.29, 1.82) is 0 Å². The van der Waals surface area contributed by atoms with Crippen LogP contribution in [0.25, 0.3) is 0 Å². The Morgan fingerprint density at radius 3 is 2.08 bits per heavy atom. The number of ether oxygens (including phenoxy) is 1. The highest BCUT2D eigenvalue weighted by Gasteiger charge is 2.28. The van der Waals surface area contributed by atoms with Gasteiger partial charge < -0.3 is 20.7 Å². The lowest BCUT2D eigenvalue weighted by atomic mass is 10.2. The zero-order chi connectivity index (χ0) is 27.8. The Hall–Kier alpha value is -3.67. The summed E-state index contributed by atoms with van der Waals surface area (Å²) >= 11 is 1.40. The third-order valence-corrected chi connectivity index (χ3v) is 6.77. The molecule has 0 bridgehead atoms. The van der Waals surface area contributed by atoms with Gasteiger partial charge >= 0.3 is 5.97 Å². The molecule has 37 heavy (non-hydrogen) atoms. The van der Waals surface area contributed by atoms with Crippen molar-refractivity contribution in [1.82, 2.24) is 15.5 Å². The second-order valence-electron chi connectivity index (χ2n) is 8.91. The van der Waals surface area contributed by atoms with Crippen LogP contribution in [0.1, 0.15) is 39.7 Å². The summed E-state index contributed by atoms with van der Waals surface area (Å²) in [5, 5.41) is 7.69. The average Bonchev–Trinajstić information content (AvgIpc) is 3.18. The van der Waals surface area contributed by atoms with Gasteiger partial charge in [0.15, 0.2) is 0 Å². The van der Waals surface area contributed by atoms with E-state index in [0.29, 0.717) is 5.69 Å². The van der Waals surface area contributed by atoms with Gasteiger partial charge in [0.2, 0.25) is 17.7 Å². The molecule has 0 fully saturated rings. The first-order chi connectivity index (χ1) is 17.3. The van der Waals surface area contributed by atoms with Gasteiger partial charge in [-0.2, -0.15) is 0 Å². The minimum Gasteiger partial charge on any atom is -0.460 e. The summed E-state index contributed by atoms with van der Waals surface area (Å²) in [5.41, 5.74) is 1.25. The number of nitrogens with zero attached hydrogens (tertiary/aromatic N) is 1. The van der Waals surface area contributed by atoms with E-state index in [9.17, 15) is 28.8 Å². The van der Waals surface area contributed by atoms with Crippen molar-refractivity contribution >= 4 is 53.0 Å². The molecule has 0 saturated heterocycles. The molecule has 0 unspecified atom stereocenters. The number of amides is 5. The molecule has 200 valence electrons. The fraction of sp³-hybridized carbons (Fsp3) is 0.440. The largest absolute Gasteiger partial charge is 0.460 e. The molecule has 1 aliphatic heterocycles. The standard InChI is InChI=1S/C25H32N4O7S/c1-15(26-19(30)12-13-29-20(31)10-11-21(29)32)22(33)27-16(2)23(34)28-18-8-6-17(7-9-18)14-36-24(35)25(3,4)37-5/h6-11,15-16H,12-14H2,1-5H3,(H,26,30)(H,27,33)(H,28,34)/t15-,16-/m0/s1. The van der Waals surface area contributed by atoms with Crippen molar-refractivity contribution in [3.8, 4) is 0 Å². The molecule has 0 aliphatic carbocycles. The Bertz CT molecular complexity index is 1070. The van der Waals surface area contributed by atoms with Gasteiger partial charge in [0.05, 0.1) is 0 Å². The van der Waals surface area contributed by atoms with Gasteiger partial charge in [-0.3, -0.25) is 33.7 Å². The van der Waals surface area contributed by atoms with Crippen LogP contribution in [0.4, 0.5) is 5.69 Å². The first kappa shape index (κ1) is 29.6. The molecule has 2 atom stereocenters. The van der Waals surface area contributed by atoms with Crippen molar-refractivity contribution < 1.29 is 33.5 Å². The van der Waals surface area contributed by atoms with Crippen molar-refractivity contribution in [3.05, 3.63) is 42.0 Å². The molecule has 12 heteroatoms. The number of carbonyl (C=O) groups is 6. The summed E-state index contributed by atoms with van der Waals surface area (Å²) in [7, 11) is 0. The summed E-state index contributed by atoms with van der Waals surface area (Å²) < 4.78 is 4.69. The predicted octanol–water partition coefficient (Wildman–Crippen LogP) is 1.13. The molecule has 1 aromatic carbocycles. The van der Waals surface area contributed by atoms with Gasteiger partial charge in [-0.15, -0.1) is 11.8 Å². The molecule has 1 aliphatic rings. The van der Waals surface area contributed by atoms with Gasteiger partial charge in [0.1, 0.15) is 23.4 Å². The lowest BCUT2D eigenvalue weighted by Gasteiger charge is -2.20. The Morgan fingerprint density at radius 2 is 1.51 bits per heavy atom. The fourth-order valence-corrected chi connectivity index (χ4v) is 3.21. The van der Waals surface area contributed by atoms with Crippen molar-refractivity contribution in [3.63, 3.8) is 0 Å². The van der Waals surface area contributed by atoms with Crippen LogP contribution in [0.5, 0.6) is 0 Å². The number of imide groups is 1. The molecule has 0 spiro atoms. The van der Waals surface area contributed by atoms with Crippen LogP contribution in [0.2, 0.25) is 0 Å². The molecule has 3 N–H and O–H groups in total. The van der Waals surface area contributed by atoms with Gasteiger partial charge in [-0.25, -0.2) is 0 Å². The molecule has 11 nitrogen and oxygen atoms in total. The van der Waals surface area contributed by atoms with Crippen molar-refractivity contribution in [2.75, 3.05) is 18.1 Å². The number of carbonyl (C=O) groups excluding carboxylic acids is 6. The number of hydrogen-bond acceptors (Lipinski definition) is 8. The van der Waals surface area contributed by atoms with Gasteiger partial charge in [0.25, 0.3) is 11.8 Å². The van der Waals surface area contributed by atoms with Crippen LogP contribution in [0.3, 0.4) is 0 Å². The Morgan fingerprint density at radius 1 is 0.946 bits per heavy atom. The molecular formula is C25H32N4O7S. The van der Waals surface area contributed by atoms with Gasteiger partial charge in [-0.1, -0.05) is 12.1 Å². The second kappa shape index (κ2) is 13.0. The van der Waals surface area contributed by atoms with E-state index >= 15 is 0 Å². The quantitative estimate of drug-likeness (QED) is 0.268. The smallest absolute Gasteiger partial charge is 0.321 e. The van der Waals surface area contributed by atoms with Crippen LogP contribution in [-0.4, -0.2) is 70.0 Å². The highest BCUT2D eigenvalue weighted by molar-refractivity contribution is 8.00. The summed E-state index contributed by atoms with van der Waals surface area (Å²) in [4.78, 5) is 73.0. The van der Waals surface area contributed by atoms with E-state index in [4.69, 9.17) is 4.74 Å². The molecule has 0 radical (unpaired) electrons. The highest BCUT2D eigenvalue weighted by Crippen LogP contribution is 2.23. The summed E-state index contributed by atoms with van der Waals surface area (Å²) in [6.45, 7) is 6.54. The monoisotopic (exact) mass is 532 g/mol. The topological polar surface area (TPSA) is 151 Å². The predicted molar refractivity (Wildman–Crippen MR) is 138 cm³/mol. The van der Waals surface area contributed by atoms with E-state index in [1.54, 1.807) is 38.1 Å². The van der Waals surface area contributed by atoms with Gasteiger partial charge in [0, 0.05) is 30.8 Å². The molecule has 2 rings (SSSR count). The summed E-state index contributed by atoms with van der Waals surface area (Å²) in [6.07, 6.45) is 3.93. The zero-order valence-electron chi connectivity index (χ0n) is 21.5. The minimum absolute atomic E-state index is 0.0966. The Labute approximate surface area is 219 Å². The number of benzene rings is 1. The molecule has 0 saturated carbocycles. The number of nitrogens with one attached hydrogen (secondary N) is 3. The fourth-order valence-electron chi connectivity index (χ4n) is 2.99. The van der Waals surface area contributed by atoms with E-state index in [1.807, 2.05) is 6.26 Å². The Kier molecular flexibility index (Phi) is 10.4. The van der Waals surface area contributed by atoms with E-state index < -0.39 is 46.4 Å². The number of esters is 1. The van der Waals surface area contributed by atoms with Crippen LogP contribution in [0, 0.1) is 0 Å². The van der Waals surface area contributed by atoms with Crippen molar-refractivity contribution in [2.45, 2.75) is 57.6 Å². The third-order valence-electron chi connectivity index (χ3n) is 5.58. The zero-order valence-corrected chi connectivity index (χ0v) is 22.3. The maximum absolute atomic E-state index is 12.5. The van der Waals surface area contributed by atoms with Crippen LogP contribution in [-0.2, 0) is 40.1 Å². The minimum atomic E-state index is -0.941. The summed E-state index contributed by atoms with van der Waals surface area (Å²) in [5.74, 6) is -2.85. The molecule has 1 heterocycles. The molecule has 5 amide bonds. The second-order valence-corrected chi connectivity index (χ2v) is 10.3. The normalized spacial score (nSPS) is 14.7. The van der Waals surface area contributed by atoms with E-state index in [2.05, 4.69) is 16.0 Å². The number of rotatable bonds is 12. The maximum atomic E-state index is 12.5. The van der Waals surface area contributed by atoms with Crippen LogP contribution >= 0.6 is 11.8 Å². The highest BCUT2D eigenvalue weighted by atomic mass is 32.2. The third kappa shape index (κ3) is 8.74. The Balaban J connectivity index is 1.76. The molecule has 1 aromatic rings. The molecular weight excluding hydrogens is 500 g/mol. The number of hydrogen-bond donors (Lipinski definition) is 3. The summed E-state index contributed by atoms with van der Waals surface area (Å²) in [6, 6.07) is 4.91. The molecule has 0 aromatic heterocycles.